The topological polar surface area (TPSA) is 41.1 Å². The molecule has 0 saturated carbocycles. The second-order valence-electron chi connectivity index (χ2n) is 6.00. The standard InChI is InChI=1S/C18H28N2O/c1-3-5-6-7-8-16(19-11-4-2)14-9-10-17-15(12-14)13-18(21)20-17/h9-10,12,16,19H,3-8,11,13H2,1-2H3,(H,20,21). The maximum atomic E-state index is 11.5. The first kappa shape index (κ1) is 16.0. The molecular weight excluding hydrogens is 260 g/mol. The molecular formula is C18H28N2O. The second-order valence-corrected chi connectivity index (χ2v) is 6.00. The molecule has 0 saturated heterocycles. The number of anilines is 1. The Morgan fingerprint density at radius 3 is 2.81 bits per heavy atom. The van der Waals surface area contributed by atoms with E-state index in [0.717, 1.165) is 24.2 Å². The SMILES string of the molecule is CCCCCCC(NCCC)c1ccc2c(c1)CC(=O)N2. The first-order valence-corrected chi connectivity index (χ1v) is 8.40. The fraction of sp³-hybridized carbons (Fsp3) is 0.611. The Labute approximate surface area is 128 Å². The van der Waals surface area contributed by atoms with Crippen LogP contribution in [0.3, 0.4) is 0 Å². The minimum absolute atomic E-state index is 0.114. The van der Waals surface area contributed by atoms with Crippen LogP contribution in [0.4, 0.5) is 5.69 Å². The third-order valence-electron chi connectivity index (χ3n) is 4.14. The van der Waals surface area contributed by atoms with Crippen LogP contribution in [0.25, 0.3) is 0 Å². The number of unbranched alkanes of at least 4 members (excludes halogenated alkanes) is 3. The van der Waals surface area contributed by atoms with Gasteiger partial charge in [0.15, 0.2) is 0 Å². The van der Waals surface area contributed by atoms with Gasteiger partial charge in [0.2, 0.25) is 5.91 Å². The highest BCUT2D eigenvalue weighted by Crippen LogP contribution is 2.28. The summed E-state index contributed by atoms with van der Waals surface area (Å²) in [6.07, 6.45) is 8.04. The third-order valence-corrected chi connectivity index (χ3v) is 4.14. The minimum atomic E-state index is 0.114. The minimum Gasteiger partial charge on any atom is -0.326 e. The maximum Gasteiger partial charge on any atom is 0.228 e. The number of nitrogens with one attached hydrogen (secondary N) is 2. The van der Waals surface area contributed by atoms with E-state index in [9.17, 15) is 4.79 Å². The molecule has 1 heterocycles. The highest BCUT2D eigenvalue weighted by molar-refractivity contribution is 5.99. The highest BCUT2D eigenvalue weighted by Gasteiger charge is 2.19. The lowest BCUT2D eigenvalue weighted by atomic mass is 9.97. The first-order chi connectivity index (χ1) is 10.2. The van der Waals surface area contributed by atoms with Crippen LogP contribution in [0.5, 0.6) is 0 Å². The van der Waals surface area contributed by atoms with Crippen molar-refractivity contribution in [3.8, 4) is 0 Å². The van der Waals surface area contributed by atoms with Crippen molar-refractivity contribution < 1.29 is 4.79 Å². The van der Waals surface area contributed by atoms with Gasteiger partial charge in [-0.2, -0.15) is 0 Å². The van der Waals surface area contributed by atoms with Crippen LogP contribution < -0.4 is 10.6 Å². The van der Waals surface area contributed by atoms with Crippen LogP contribution >= 0.6 is 0 Å². The lowest BCUT2D eigenvalue weighted by Gasteiger charge is -2.20. The van der Waals surface area contributed by atoms with Crippen molar-refractivity contribution in [1.82, 2.24) is 5.32 Å². The van der Waals surface area contributed by atoms with Crippen LogP contribution in [-0.2, 0) is 11.2 Å². The Hall–Kier alpha value is -1.35. The van der Waals surface area contributed by atoms with Gasteiger partial charge < -0.3 is 10.6 Å². The average molecular weight is 288 g/mol. The van der Waals surface area contributed by atoms with Crippen molar-refractivity contribution in [3.05, 3.63) is 29.3 Å². The summed E-state index contributed by atoms with van der Waals surface area (Å²) in [5, 5.41) is 6.57. The Bertz CT molecular complexity index is 470. The summed E-state index contributed by atoms with van der Waals surface area (Å²) >= 11 is 0. The molecule has 1 aliphatic heterocycles. The van der Waals surface area contributed by atoms with Gasteiger partial charge in [0, 0.05) is 11.7 Å². The Morgan fingerprint density at radius 2 is 2.05 bits per heavy atom. The van der Waals surface area contributed by atoms with E-state index in [2.05, 4.69) is 42.7 Å². The zero-order chi connectivity index (χ0) is 15.1. The lowest BCUT2D eigenvalue weighted by molar-refractivity contribution is -0.115. The Kier molecular flexibility index (Phi) is 6.24. The zero-order valence-electron chi connectivity index (χ0n) is 13.4. The molecule has 0 radical (unpaired) electrons. The predicted octanol–water partition coefficient (Wildman–Crippen LogP) is 4.19. The fourth-order valence-corrected chi connectivity index (χ4v) is 2.95. The van der Waals surface area contributed by atoms with Crippen LogP contribution in [0, 0.1) is 0 Å². The van der Waals surface area contributed by atoms with Gasteiger partial charge in [0.1, 0.15) is 0 Å². The number of fused-ring (bicyclic) bond motifs is 1. The number of hydrogen-bond donors (Lipinski definition) is 2. The molecule has 3 heteroatoms. The van der Waals surface area contributed by atoms with Gasteiger partial charge in [-0.25, -0.2) is 0 Å². The molecule has 1 aliphatic rings. The first-order valence-electron chi connectivity index (χ1n) is 8.40. The number of benzene rings is 1. The van der Waals surface area contributed by atoms with Crippen LogP contribution in [-0.4, -0.2) is 12.5 Å². The fourth-order valence-electron chi connectivity index (χ4n) is 2.95. The molecule has 0 aliphatic carbocycles. The smallest absolute Gasteiger partial charge is 0.228 e. The molecule has 3 nitrogen and oxygen atoms in total. The number of carbonyl (C=O) groups excluding carboxylic acids is 1. The van der Waals surface area contributed by atoms with E-state index in [0.29, 0.717) is 12.5 Å². The summed E-state index contributed by atoms with van der Waals surface area (Å²) in [7, 11) is 0. The summed E-state index contributed by atoms with van der Waals surface area (Å²) in [5.74, 6) is 0.114. The number of amides is 1. The van der Waals surface area contributed by atoms with Crippen molar-refractivity contribution in [3.63, 3.8) is 0 Å². The lowest BCUT2D eigenvalue weighted by Crippen LogP contribution is -2.22. The average Bonchev–Trinajstić information content (AvgIpc) is 2.85. The number of rotatable bonds is 9. The Balaban J connectivity index is 2.02. The molecule has 1 amide bonds. The van der Waals surface area contributed by atoms with Crippen molar-refractivity contribution in [2.24, 2.45) is 0 Å². The van der Waals surface area contributed by atoms with Crippen molar-refractivity contribution >= 4 is 11.6 Å². The van der Waals surface area contributed by atoms with Gasteiger partial charge in [-0.1, -0.05) is 51.7 Å². The summed E-state index contributed by atoms with van der Waals surface area (Å²) in [6, 6.07) is 6.85. The molecule has 0 fully saturated rings. The maximum absolute atomic E-state index is 11.5. The molecule has 21 heavy (non-hydrogen) atoms. The summed E-state index contributed by atoms with van der Waals surface area (Å²) in [6.45, 7) is 5.50. The van der Waals surface area contributed by atoms with Crippen LogP contribution in [0.2, 0.25) is 0 Å². The molecule has 1 atom stereocenters. The van der Waals surface area contributed by atoms with Gasteiger partial charge in [0.25, 0.3) is 0 Å². The number of carbonyl (C=O) groups is 1. The normalized spacial score (nSPS) is 14.9. The molecule has 2 N–H and O–H groups in total. The third kappa shape index (κ3) is 4.57. The summed E-state index contributed by atoms with van der Waals surface area (Å²) < 4.78 is 0. The van der Waals surface area contributed by atoms with Gasteiger partial charge >= 0.3 is 0 Å². The molecule has 2 rings (SSSR count). The van der Waals surface area contributed by atoms with Gasteiger partial charge in [-0.3, -0.25) is 4.79 Å². The molecule has 116 valence electrons. The quantitative estimate of drug-likeness (QED) is 0.669. The molecule has 1 unspecified atom stereocenters. The summed E-state index contributed by atoms with van der Waals surface area (Å²) in [4.78, 5) is 11.5. The van der Waals surface area contributed by atoms with Crippen molar-refractivity contribution in [1.29, 1.82) is 0 Å². The van der Waals surface area contributed by atoms with Crippen LogP contribution in [0.1, 0.15) is 69.5 Å². The molecule has 0 spiro atoms. The van der Waals surface area contributed by atoms with E-state index < -0.39 is 0 Å². The van der Waals surface area contributed by atoms with Gasteiger partial charge in [0.05, 0.1) is 6.42 Å². The second kappa shape index (κ2) is 8.18. The van der Waals surface area contributed by atoms with E-state index in [1.807, 2.05) is 0 Å². The van der Waals surface area contributed by atoms with E-state index in [1.54, 1.807) is 0 Å². The van der Waals surface area contributed by atoms with E-state index in [1.165, 1.54) is 37.7 Å². The van der Waals surface area contributed by atoms with Gasteiger partial charge in [-0.15, -0.1) is 0 Å². The highest BCUT2D eigenvalue weighted by atomic mass is 16.1. The molecule has 1 aromatic carbocycles. The largest absolute Gasteiger partial charge is 0.326 e. The molecule has 1 aromatic rings. The van der Waals surface area contributed by atoms with Crippen LogP contribution in [0.15, 0.2) is 18.2 Å². The van der Waals surface area contributed by atoms with Crippen molar-refractivity contribution in [2.75, 3.05) is 11.9 Å². The Morgan fingerprint density at radius 1 is 1.19 bits per heavy atom. The van der Waals surface area contributed by atoms with Gasteiger partial charge in [-0.05, 0) is 36.6 Å². The monoisotopic (exact) mass is 288 g/mol. The summed E-state index contributed by atoms with van der Waals surface area (Å²) in [5.41, 5.74) is 3.47. The van der Waals surface area contributed by atoms with E-state index in [4.69, 9.17) is 0 Å². The zero-order valence-corrected chi connectivity index (χ0v) is 13.4. The molecule has 0 aromatic heterocycles. The molecule has 0 bridgehead atoms. The van der Waals surface area contributed by atoms with E-state index in [-0.39, 0.29) is 5.91 Å². The predicted molar refractivity (Wildman–Crippen MR) is 88.6 cm³/mol. The number of hydrogen-bond acceptors (Lipinski definition) is 2. The van der Waals surface area contributed by atoms with E-state index >= 15 is 0 Å². The van der Waals surface area contributed by atoms with Crippen molar-refractivity contribution in [2.45, 2.75) is 64.8 Å².